The van der Waals surface area contributed by atoms with Gasteiger partial charge in [-0.2, -0.15) is 5.10 Å². The highest BCUT2D eigenvalue weighted by Crippen LogP contribution is 2.34. The molecule has 1 aliphatic heterocycles. The molecule has 4 rings (SSSR count). The number of H-pyrrole nitrogens is 1. The molecule has 2 aromatic rings. The molecule has 3 heterocycles. The molecule has 118 valence electrons. The zero-order valence-electron chi connectivity index (χ0n) is 12.9. The summed E-state index contributed by atoms with van der Waals surface area (Å²) in [5, 5.41) is 15.8. The number of methoxy groups -OCH3 is 1. The number of hydrogen-bond acceptors (Lipinski definition) is 5. The zero-order chi connectivity index (χ0) is 14.9. The van der Waals surface area contributed by atoms with Crippen LogP contribution in [0.15, 0.2) is 12.4 Å². The van der Waals surface area contributed by atoms with Gasteiger partial charge in [-0.25, -0.2) is 0 Å². The molecule has 0 aromatic carbocycles. The van der Waals surface area contributed by atoms with Crippen molar-refractivity contribution in [3.63, 3.8) is 0 Å². The molecule has 1 N–H and O–H groups in total. The van der Waals surface area contributed by atoms with E-state index in [1.54, 1.807) is 7.11 Å². The van der Waals surface area contributed by atoms with Crippen molar-refractivity contribution < 1.29 is 4.74 Å². The number of aromatic amines is 1. The van der Waals surface area contributed by atoms with Crippen LogP contribution in [0.25, 0.3) is 11.4 Å². The average molecular weight is 302 g/mol. The highest BCUT2D eigenvalue weighted by Gasteiger charge is 2.29. The number of nitrogens with one attached hydrogen (secondary N) is 1. The van der Waals surface area contributed by atoms with Gasteiger partial charge in [0.2, 0.25) is 5.95 Å². The summed E-state index contributed by atoms with van der Waals surface area (Å²) in [6, 6.07) is 0. The van der Waals surface area contributed by atoms with Crippen LogP contribution < -0.4 is 4.90 Å². The molecule has 7 nitrogen and oxygen atoms in total. The Kier molecular flexibility index (Phi) is 3.57. The molecule has 1 saturated heterocycles. The topological polar surface area (TPSA) is 71.9 Å². The molecule has 0 amide bonds. The van der Waals surface area contributed by atoms with Crippen LogP contribution in [0.3, 0.4) is 0 Å². The summed E-state index contributed by atoms with van der Waals surface area (Å²) in [5.41, 5.74) is 1.01. The predicted molar refractivity (Wildman–Crippen MR) is 82.6 cm³/mol. The minimum absolute atomic E-state index is 0.379. The van der Waals surface area contributed by atoms with E-state index in [1.807, 2.05) is 12.4 Å². The number of anilines is 1. The van der Waals surface area contributed by atoms with Crippen LogP contribution in [-0.4, -0.2) is 51.3 Å². The summed E-state index contributed by atoms with van der Waals surface area (Å²) in [4.78, 5) is 2.34. The Morgan fingerprint density at radius 3 is 2.68 bits per heavy atom. The fourth-order valence-corrected chi connectivity index (χ4v) is 3.13. The molecule has 2 fully saturated rings. The van der Waals surface area contributed by atoms with E-state index < -0.39 is 0 Å². The largest absolute Gasteiger partial charge is 0.381 e. The van der Waals surface area contributed by atoms with Gasteiger partial charge in [-0.3, -0.25) is 9.67 Å². The van der Waals surface area contributed by atoms with Crippen molar-refractivity contribution in [3.05, 3.63) is 12.4 Å². The van der Waals surface area contributed by atoms with E-state index >= 15 is 0 Å². The number of piperidine rings is 1. The monoisotopic (exact) mass is 302 g/mol. The van der Waals surface area contributed by atoms with E-state index in [-0.39, 0.29) is 0 Å². The summed E-state index contributed by atoms with van der Waals surface area (Å²) in [6.07, 6.45) is 8.80. The van der Waals surface area contributed by atoms with Gasteiger partial charge in [0.1, 0.15) is 0 Å². The third-order valence-electron chi connectivity index (χ3n) is 4.68. The SMILES string of the molecule is COC1CCN(c2nnc(-c3cn[nH]c3)n2CC2CC2)CC1. The Bertz CT molecular complexity index is 610. The van der Waals surface area contributed by atoms with Gasteiger partial charge >= 0.3 is 0 Å². The predicted octanol–water partition coefficient (Wildman–Crippen LogP) is 1.69. The van der Waals surface area contributed by atoms with E-state index in [9.17, 15) is 0 Å². The van der Waals surface area contributed by atoms with Gasteiger partial charge < -0.3 is 9.64 Å². The van der Waals surface area contributed by atoms with Crippen molar-refractivity contribution >= 4 is 5.95 Å². The van der Waals surface area contributed by atoms with Crippen molar-refractivity contribution in [2.24, 2.45) is 5.92 Å². The van der Waals surface area contributed by atoms with E-state index in [0.717, 1.165) is 55.7 Å². The van der Waals surface area contributed by atoms with Gasteiger partial charge in [0.25, 0.3) is 0 Å². The van der Waals surface area contributed by atoms with E-state index in [1.165, 1.54) is 12.8 Å². The molecule has 0 radical (unpaired) electrons. The Labute approximate surface area is 129 Å². The fraction of sp³-hybridized carbons (Fsp3) is 0.667. The normalized spacial score (nSPS) is 19.8. The molecule has 0 spiro atoms. The second-order valence-electron chi connectivity index (χ2n) is 6.29. The van der Waals surface area contributed by atoms with E-state index in [0.29, 0.717) is 6.10 Å². The summed E-state index contributed by atoms with van der Waals surface area (Å²) >= 11 is 0. The third-order valence-corrected chi connectivity index (χ3v) is 4.68. The molecular weight excluding hydrogens is 280 g/mol. The first kappa shape index (κ1) is 13.8. The maximum absolute atomic E-state index is 5.46. The van der Waals surface area contributed by atoms with E-state index in [2.05, 4.69) is 29.9 Å². The second kappa shape index (κ2) is 5.72. The quantitative estimate of drug-likeness (QED) is 0.910. The zero-order valence-corrected chi connectivity index (χ0v) is 12.9. The van der Waals surface area contributed by atoms with Gasteiger partial charge in [0, 0.05) is 32.9 Å². The van der Waals surface area contributed by atoms with Crippen molar-refractivity contribution in [2.45, 2.75) is 38.3 Å². The van der Waals surface area contributed by atoms with E-state index in [4.69, 9.17) is 4.74 Å². The fourth-order valence-electron chi connectivity index (χ4n) is 3.13. The number of aromatic nitrogens is 5. The maximum Gasteiger partial charge on any atom is 0.227 e. The van der Waals surface area contributed by atoms with Gasteiger partial charge in [0.15, 0.2) is 5.82 Å². The van der Waals surface area contributed by atoms with Crippen LogP contribution in [0.4, 0.5) is 5.95 Å². The van der Waals surface area contributed by atoms with Crippen LogP contribution in [0.1, 0.15) is 25.7 Å². The Morgan fingerprint density at radius 1 is 1.23 bits per heavy atom. The minimum atomic E-state index is 0.379. The highest BCUT2D eigenvalue weighted by atomic mass is 16.5. The summed E-state index contributed by atoms with van der Waals surface area (Å²) in [6.45, 7) is 2.96. The third kappa shape index (κ3) is 2.61. The molecule has 2 aliphatic rings. The van der Waals surface area contributed by atoms with Gasteiger partial charge in [-0.15, -0.1) is 10.2 Å². The van der Waals surface area contributed by atoms with Crippen molar-refractivity contribution in [1.29, 1.82) is 0 Å². The van der Waals surface area contributed by atoms with Crippen LogP contribution in [-0.2, 0) is 11.3 Å². The molecule has 0 atom stereocenters. The van der Waals surface area contributed by atoms with Crippen LogP contribution in [0.2, 0.25) is 0 Å². The molecule has 0 bridgehead atoms. The van der Waals surface area contributed by atoms with Gasteiger partial charge in [-0.1, -0.05) is 0 Å². The Balaban J connectivity index is 1.61. The minimum Gasteiger partial charge on any atom is -0.381 e. The van der Waals surface area contributed by atoms with Crippen LogP contribution >= 0.6 is 0 Å². The maximum atomic E-state index is 5.46. The first-order chi connectivity index (χ1) is 10.8. The van der Waals surface area contributed by atoms with Crippen molar-refractivity contribution in [2.75, 3.05) is 25.1 Å². The van der Waals surface area contributed by atoms with Crippen molar-refractivity contribution in [1.82, 2.24) is 25.0 Å². The molecule has 2 aromatic heterocycles. The molecular formula is C15H22N6O. The van der Waals surface area contributed by atoms with Gasteiger partial charge in [0.05, 0.1) is 17.9 Å². The first-order valence-electron chi connectivity index (χ1n) is 8.05. The lowest BCUT2D eigenvalue weighted by Crippen LogP contribution is -2.38. The van der Waals surface area contributed by atoms with Gasteiger partial charge in [-0.05, 0) is 31.6 Å². The molecule has 1 aliphatic carbocycles. The number of ether oxygens (including phenoxy) is 1. The molecule has 1 saturated carbocycles. The first-order valence-corrected chi connectivity index (χ1v) is 8.05. The number of nitrogens with zero attached hydrogens (tertiary/aromatic N) is 5. The lowest BCUT2D eigenvalue weighted by atomic mass is 10.1. The van der Waals surface area contributed by atoms with Crippen molar-refractivity contribution in [3.8, 4) is 11.4 Å². The molecule has 7 heteroatoms. The molecule has 0 unspecified atom stereocenters. The summed E-state index contributed by atoms with van der Waals surface area (Å²) < 4.78 is 7.74. The molecule has 22 heavy (non-hydrogen) atoms. The second-order valence-corrected chi connectivity index (χ2v) is 6.29. The lowest BCUT2D eigenvalue weighted by Gasteiger charge is -2.32. The summed E-state index contributed by atoms with van der Waals surface area (Å²) in [7, 11) is 1.80. The van der Waals surface area contributed by atoms with Crippen LogP contribution in [0.5, 0.6) is 0 Å². The summed E-state index contributed by atoms with van der Waals surface area (Å²) in [5.74, 6) is 2.69. The highest BCUT2D eigenvalue weighted by molar-refractivity contribution is 5.55. The Hall–Kier alpha value is -1.89. The smallest absolute Gasteiger partial charge is 0.227 e. The lowest BCUT2D eigenvalue weighted by molar-refractivity contribution is 0.0815. The average Bonchev–Trinajstić information content (AvgIpc) is 3.04. The number of rotatable bonds is 5. The number of hydrogen-bond donors (Lipinski definition) is 1. The standard InChI is InChI=1S/C15H22N6O/c1-22-13-4-6-20(7-5-13)15-19-18-14(12-8-16-17-9-12)21(15)10-11-2-3-11/h8-9,11,13H,2-7,10H2,1H3,(H,16,17). The van der Waals surface area contributed by atoms with Crippen LogP contribution in [0, 0.1) is 5.92 Å². The Morgan fingerprint density at radius 2 is 2.05 bits per heavy atom.